The van der Waals surface area contributed by atoms with Gasteiger partial charge in [-0.05, 0) is 62.4 Å². The highest BCUT2D eigenvalue weighted by Crippen LogP contribution is 2.27. The summed E-state index contributed by atoms with van der Waals surface area (Å²) in [6.07, 6.45) is 7.35. The first-order chi connectivity index (χ1) is 17.4. The van der Waals surface area contributed by atoms with E-state index in [1.807, 2.05) is 18.0 Å². The first kappa shape index (κ1) is 24.3. The predicted octanol–water partition coefficient (Wildman–Crippen LogP) is 3.46. The number of rotatable bonds is 5. The van der Waals surface area contributed by atoms with E-state index >= 15 is 0 Å². The molecule has 3 fully saturated rings. The number of anilines is 2. The maximum Gasteiger partial charge on any atom is 0.254 e. The molecule has 3 aliphatic rings. The summed E-state index contributed by atoms with van der Waals surface area (Å²) in [4.78, 5) is 49.7. The van der Waals surface area contributed by atoms with Crippen molar-refractivity contribution in [2.24, 2.45) is 0 Å². The van der Waals surface area contributed by atoms with Gasteiger partial charge in [0.05, 0.1) is 11.1 Å². The molecule has 2 saturated heterocycles. The molecular weight excluding hydrogens is 454 g/mol. The quantitative estimate of drug-likeness (QED) is 0.695. The molecule has 190 valence electrons. The Balaban J connectivity index is 1.35. The van der Waals surface area contributed by atoms with Crippen LogP contribution < -0.4 is 15.1 Å². The van der Waals surface area contributed by atoms with Gasteiger partial charge in [-0.25, -0.2) is 4.98 Å². The lowest BCUT2D eigenvalue weighted by Gasteiger charge is -2.36. The zero-order valence-corrected chi connectivity index (χ0v) is 21.3. The average molecular weight is 490 g/mol. The summed E-state index contributed by atoms with van der Waals surface area (Å²) in [6.45, 7) is 7.23. The highest BCUT2D eigenvalue weighted by molar-refractivity contribution is 6.09. The topological polar surface area (TPSA) is 85.9 Å². The van der Waals surface area contributed by atoms with E-state index < -0.39 is 0 Å². The number of piperazine rings is 1. The molecule has 0 spiro atoms. The molecule has 2 aromatic rings. The van der Waals surface area contributed by atoms with Gasteiger partial charge in [-0.15, -0.1) is 0 Å². The highest BCUT2D eigenvalue weighted by atomic mass is 16.2. The van der Waals surface area contributed by atoms with E-state index in [0.29, 0.717) is 56.0 Å². The van der Waals surface area contributed by atoms with Crippen molar-refractivity contribution in [2.45, 2.75) is 58.4 Å². The van der Waals surface area contributed by atoms with Crippen molar-refractivity contribution in [1.82, 2.24) is 15.2 Å². The van der Waals surface area contributed by atoms with E-state index in [1.54, 1.807) is 23.1 Å². The lowest BCUT2D eigenvalue weighted by molar-refractivity contribution is -0.117. The van der Waals surface area contributed by atoms with Crippen LogP contribution in [0.25, 0.3) is 0 Å². The van der Waals surface area contributed by atoms with Crippen molar-refractivity contribution >= 4 is 29.2 Å². The molecule has 8 heteroatoms. The van der Waals surface area contributed by atoms with Crippen LogP contribution in [0.15, 0.2) is 30.5 Å². The molecule has 36 heavy (non-hydrogen) atoms. The SMILES string of the molecule is Cc1cnc(N2CCN(C(=O)c3ccc(N4CCCC4=O)cc3C(=O)NC3CCCC3)CC2)c(C)c1. The Labute approximate surface area is 212 Å². The zero-order valence-electron chi connectivity index (χ0n) is 21.3. The zero-order chi connectivity index (χ0) is 25.2. The molecule has 8 nitrogen and oxygen atoms in total. The largest absolute Gasteiger partial charge is 0.353 e. The van der Waals surface area contributed by atoms with Gasteiger partial charge in [0.25, 0.3) is 11.8 Å². The molecule has 3 amide bonds. The number of carbonyl (C=O) groups is 3. The number of aromatic nitrogens is 1. The molecule has 1 saturated carbocycles. The second kappa shape index (κ2) is 10.3. The Morgan fingerprint density at radius 3 is 2.36 bits per heavy atom. The number of nitrogens with zero attached hydrogens (tertiary/aromatic N) is 4. The van der Waals surface area contributed by atoms with E-state index in [0.717, 1.165) is 49.0 Å². The predicted molar refractivity (Wildman–Crippen MR) is 140 cm³/mol. The molecule has 0 atom stereocenters. The number of benzene rings is 1. The van der Waals surface area contributed by atoms with Crippen molar-refractivity contribution in [2.75, 3.05) is 42.5 Å². The summed E-state index contributed by atoms with van der Waals surface area (Å²) in [5.74, 6) is 0.660. The molecular formula is C28H35N5O3. The van der Waals surface area contributed by atoms with Crippen LogP contribution in [0.2, 0.25) is 0 Å². The van der Waals surface area contributed by atoms with Gasteiger partial charge in [-0.1, -0.05) is 18.9 Å². The van der Waals surface area contributed by atoms with Crippen molar-refractivity contribution in [3.05, 3.63) is 52.7 Å². The normalized spacial score (nSPS) is 18.7. The molecule has 1 aromatic carbocycles. The summed E-state index contributed by atoms with van der Waals surface area (Å²) < 4.78 is 0. The minimum atomic E-state index is -0.225. The first-order valence-electron chi connectivity index (χ1n) is 13.1. The van der Waals surface area contributed by atoms with Gasteiger partial charge in [-0.2, -0.15) is 0 Å². The molecule has 1 N–H and O–H groups in total. The third-order valence-electron chi connectivity index (χ3n) is 7.61. The summed E-state index contributed by atoms with van der Waals surface area (Å²) >= 11 is 0. The van der Waals surface area contributed by atoms with Crippen LogP contribution in [0.3, 0.4) is 0 Å². The number of hydrogen-bond donors (Lipinski definition) is 1. The number of pyridine rings is 1. The maximum atomic E-state index is 13.6. The lowest BCUT2D eigenvalue weighted by Crippen LogP contribution is -2.49. The van der Waals surface area contributed by atoms with Crippen LogP contribution in [0.4, 0.5) is 11.5 Å². The fraction of sp³-hybridized carbons (Fsp3) is 0.500. The number of carbonyl (C=O) groups excluding carboxylic acids is 3. The van der Waals surface area contributed by atoms with E-state index in [9.17, 15) is 14.4 Å². The minimum Gasteiger partial charge on any atom is -0.353 e. The molecule has 3 heterocycles. The summed E-state index contributed by atoms with van der Waals surface area (Å²) in [6, 6.07) is 7.54. The second-order valence-corrected chi connectivity index (χ2v) is 10.3. The molecule has 2 aliphatic heterocycles. The third-order valence-corrected chi connectivity index (χ3v) is 7.61. The monoisotopic (exact) mass is 489 g/mol. The summed E-state index contributed by atoms with van der Waals surface area (Å²) in [5, 5.41) is 3.13. The van der Waals surface area contributed by atoms with Crippen LogP contribution in [0.5, 0.6) is 0 Å². The van der Waals surface area contributed by atoms with Gasteiger partial charge in [0.1, 0.15) is 5.82 Å². The third kappa shape index (κ3) is 4.94. The van der Waals surface area contributed by atoms with Crippen molar-refractivity contribution < 1.29 is 14.4 Å². The van der Waals surface area contributed by atoms with E-state index in [2.05, 4.69) is 28.2 Å². The highest BCUT2D eigenvalue weighted by Gasteiger charge is 2.30. The maximum absolute atomic E-state index is 13.6. The fourth-order valence-electron chi connectivity index (χ4n) is 5.66. The molecule has 5 rings (SSSR count). The Bertz CT molecular complexity index is 1170. The van der Waals surface area contributed by atoms with Gasteiger partial charge in [0, 0.05) is 57.1 Å². The number of amides is 3. The van der Waals surface area contributed by atoms with Gasteiger partial charge in [0.2, 0.25) is 5.91 Å². The van der Waals surface area contributed by atoms with Gasteiger partial charge in [-0.3, -0.25) is 14.4 Å². The summed E-state index contributed by atoms with van der Waals surface area (Å²) in [5.41, 5.74) is 3.72. The van der Waals surface area contributed by atoms with Gasteiger partial charge < -0.3 is 20.0 Å². The molecule has 0 radical (unpaired) electrons. The Morgan fingerprint density at radius 2 is 1.69 bits per heavy atom. The number of aryl methyl sites for hydroxylation is 2. The Kier molecular flexibility index (Phi) is 6.94. The van der Waals surface area contributed by atoms with Crippen LogP contribution in [0.1, 0.15) is 70.4 Å². The van der Waals surface area contributed by atoms with Crippen molar-refractivity contribution in [3.63, 3.8) is 0 Å². The van der Waals surface area contributed by atoms with Crippen LogP contribution in [-0.2, 0) is 4.79 Å². The van der Waals surface area contributed by atoms with E-state index in [-0.39, 0.29) is 23.8 Å². The van der Waals surface area contributed by atoms with Crippen LogP contribution in [0, 0.1) is 13.8 Å². The molecule has 1 aliphatic carbocycles. The Morgan fingerprint density at radius 1 is 0.944 bits per heavy atom. The van der Waals surface area contributed by atoms with Crippen molar-refractivity contribution in [3.8, 4) is 0 Å². The molecule has 0 bridgehead atoms. The van der Waals surface area contributed by atoms with E-state index in [4.69, 9.17) is 0 Å². The summed E-state index contributed by atoms with van der Waals surface area (Å²) in [7, 11) is 0. The fourth-order valence-corrected chi connectivity index (χ4v) is 5.66. The van der Waals surface area contributed by atoms with Crippen LogP contribution >= 0.6 is 0 Å². The smallest absolute Gasteiger partial charge is 0.254 e. The van der Waals surface area contributed by atoms with Crippen LogP contribution in [-0.4, -0.2) is 66.4 Å². The first-order valence-corrected chi connectivity index (χ1v) is 13.1. The number of nitrogens with one attached hydrogen (secondary N) is 1. The standard InChI is InChI=1S/C28H35N5O3/c1-19-16-20(2)26(29-18-19)31-12-14-32(15-13-31)28(36)23-10-9-22(33-11-5-8-25(33)34)17-24(23)27(35)30-21-6-3-4-7-21/h9-10,16-18,21H,3-8,11-15H2,1-2H3,(H,30,35). The van der Waals surface area contributed by atoms with E-state index in [1.165, 1.54) is 0 Å². The second-order valence-electron chi connectivity index (χ2n) is 10.3. The lowest BCUT2D eigenvalue weighted by atomic mass is 10.0. The molecule has 1 aromatic heterocycles. The minimum absolute atomic E-state index is 0.0624. The van der Waals surface area contributed by atoms with Crippen molar-refractivity contribution in [1.29, 1.82) is 0 Å². The Hall–Kier alpha value is -3.42. The van der Waals surface area contributed by atoms with Gasteiger partial charge in [0.15, 0.2) is 0 Å². The number of hydrogen-bond acceptors (Lipinski definition) is 5. The van der Waals surface area contributed by atoms with Gasteiger partial charge >= 0.3 is 0 Å². The average Bonchev–Trinajstić information content (AvgIpc) is 3.55. The molecule has 0 unspecified atom stereocenters.